The number of hydrogen-bond donors (Lipinski definition) is 0. The maximum Gasteiger partial charge on any atom is 0.219 e. The van der Waals surface area contributed by atoms with E-state index in [0.717, 1.165) is 28.9 Å². The van der Waals surface area contributed by atoms with E-state index in [4.69, 9.17) is 14.2 Å². The highest BCUT2D eigenvalue weighted by molar-refractivity contribution is 5.85. The third-order valence-electron chi connectivity index (χ3n) is 3.48. The number of hydrogen-bond acceptors (Lipinski definition) is 4. The number of benzene rings is 2. The van der Waals surface area contributed by atoms with Crippen molar-refractivity contribution < 1.29 is 14.2 Å². The van der Waals surface area contributed by atoms with Crippen LogP contribution in [0.5, 0.6) is 17.4 Å². The van der Waals surface area contributed by atoms with Crippen LogP contribution in [0, 0.1) is 0 Å². The summed E-state index contributed by atoms with van der Waals surface area (Å²) in [4.78, 5) is 4.16. The van der Waals surface area contributed by atoms with Crippen LogP contribution in [0.2, 0.25) is 0 Å². The molecule has 110 valence electrons. The van der Waals surface area contributed by atoms with Gasteiger partial charge in [-0.3, -0.25) is 0 Å². The SMILES string of the molecule is c1ccc(Oc2ccc3cc(OCC4CO4)ccc3c2)nc1. The lowest BCUT2D eigenvalue weighted by molar-refractivity contribution is 0.263. The fraction of sp³-hybridized carbons (Fsp3) is 0.167. The summed E-state index contributed by atoms with van der Waals surface area (Å²) >= 11 is 0. The summed E-state index contributed by atoms with van der Waals surface area (Å²) in [6.07, 6.45) is 1.98. The Kier molecular flexibility index (Phi) is 3.37. The first-order valence-electron chi connectivity index (χ1n) is 7.24. The molecule has 1 saturated heterocycles. The molecule has 0 aliphatic carbocycles. The van der Waals surface area contributed by atoms with E-state index in [-0.39, 0.29) is 6.10 Å². The van der Waals surface area contributed by atoms with E-state index in [2.05, 4.69) is 4.98 Å². The first-order chi connectivity index (χ1) is 10.9. The van der Waals surface area contributed by atoms with Crippen molar-refractivity contribution in [1.82, 2.24) is 4.98 Å². The maximum absolute atomic E-state index is 5.75. The second kappa shape index (κ2) is 5.66. The van der Waals surface area contributed by atoms with Gasteiger partial charge in [-0.25, -0.2) is 4.98 Å². The molecule has 0 spiro atoms. The van der Waals surface area contributed by atoms with Gasteiger partial charge in [0, 0.05) is 12.3 Å². The lowest BCUT2D eigenvalue weighted by Crippen LogP contribution is -2.03. The smallest absolute Gasteiger partial charge is 0.219 e. The topological polar surface area (TPSA) is 43.9 Å². The number of fused-ring (bicyclic) bond motifs is 1. The van der Waals surface area contributed by atoms with E-state index in [9.17, 15) is 0 Å². The van der Waals surface area contributed by atoms with Gasteiger partial charge in [-0.05, 0) is 41.1 Å². The Bertz CT molecular complexity index is 785. The highest BCUT2D eigenvalue weighted by atomic mass is 16.6. The minimum Gasteiger partial charge on any atom is -0.491 e. The monoisotopic (exact) mass is 293 g/mol. The fourth-order valence-electron chi connectivity index (χ4n) is 2.24. The van der Waals surface area contributed by atoms with Gasteiger partial charge < -0.3 is 14.2 Å². The molecule has 3 aromatic rings. The van der Waals surface area contributed by atoms with Crippen LogP contribution in [-0.2, 0) is 4.74 Å². The number of nitrogens with zero attached hydrogens (tertiary/aromatic N) is 1. The summed E-state index contributed by atoms with van der Waals surface area (Å²) in [5, 5.41) is 2.21. The molecule has 0 radical (unpaired) electrons. The van der Waals surface area contributed by atoms with Crippen LogP contribution in [0.4, 0.5) is 0 Å². The summed E-state index contributed by atoms with van der Waals surface area (Å²) in [5.74, 6) is 2.22. The first kappa shape index (κ1) is 13.1. The number of rotatable bonds is 5. The molecule has 0 amide bonds. The molecule has 4 nitrogen and oxygen atoms in total. The zero-order valence-electron chi connectivity index (χ0n) is 11.9. The van der Waals surface area contributed by atoms with Gasteiger partial charge in [-0.15, -0.1) is 0 Å². The Morgan fingerprint density at radius 2 is 1.77 bits per heavy atom. The lowest BCUT2D eigenvalue weighted by atomic mass is 10.1. The van der Waals surface area contributed by atoms with Crippen molar-refractivity contribution in [2.45, 2.75) is 6.10 Å². The number of epoxide rings is 1. The van der Waals surface area contributed by atoms with Crippen LogP contribution in [-0.4, -0.2) is 24.3 Å². The van der Waals surface area contributed by atoms with Gasteiger partial charge in [-0.1, -0.05) is 18.2 Å². The van der Waals surface area contributed by atoms with Crippen LogP contribution in [0.25, 0.3) is 10.8 Å². The minimum atomic E-state index is 0.268. The maximum atomic E-state index is 5.75. The molecule has 1 atom stereocenters. The molecule has 0 bridgehead atoms. The van der Waals surface area contributed by atoms with Crippen LogP contribution in [0.1, 0.15) is 0 Å². The summed E-state index contributed by atoms with van der Waals surface area (Å²) < 4.78 is 16.6. The molecule has 22 heavy (non-hydrogen) atoms. The summed E-state index contributed by atoms with van der Waals surface area (Å²) in [6.45, 7) is 1.42. The fourth-order valence-corrected chi connectivity index (χ4v) is 2.24. The molecule has 2 heterocycles. The number of ether oxygens (including phenoxy) is 3. The molecule has 1 aromatic heterocycles. The molecule has 4 rings (SSSR count). The summed E-state index contributed by atoms with van der Waals surface area (Å²) in [6, 6.07) is 17.6. The van der Waals surface area contributed by atoms with Crippen LogP contribution >= 0.6 is 0 Å². The molecule has 2 aromatic carbocycles. The van der Waals surface area contributed by atoms with Gasteiger partial charge in [-0.2, -0.15) is 0 Å². The Labute approximate surface area is 128 Å². The molecular weight excluding hydrogens is 278 g/mol. The quantitative estimate of drug-likeness (QED) is 0.671. The molecule has 0 saturated carbocycles. The standard InChI is InChI=1S/C18H15NO3/c1-2-8-19-18(3-1)22-16-7-5-13-9-15(6-4-14(13)10-16)20-11-17-12-21-17/h1-10,17H,11-12H2. The molecular formula is C18H15NO3. The minimum absolute atomic E-state index is 0.268. The average molecular weight is 293 g/mol. The van der Waals surface area contributed by atoms with Crippen molar-refractivity contribution in [2.75, 3.05) is 13.2 Å². The van der Waals surface area contributed by atoms with E-state index in [0.29, 0.717) is 12.5 Å². The third-order valence-corrected chi connectivity index (χ3v) is 3.48. The van der Waals surface area contributed by atoms with Gasteiger partial charge in [0.1, 0.15) is 24.2 Å². The zero-order chi connectivity index (χ0) is 14.8. The molecule has 1 aliphatic heterocycles. The van der Waals surface area contributed by atoms with Crippen molar-refractivity contribution in [3.63, 3.8) is 0 Å². The highest BCUT2D eigenvalue weighted by Crippen LogP contribution is 2.27. The van der Waals surface area contributed by atoms with Crippen LogP contribution in [0.3, 0.4) is 0 Å². The Morgan fingerprint density at radius 3 is 2.50 bits per heavy atom. The molecule has 1 fully saturated rings. The molecule has 1 aliphatic rings. The third kappa shape index (κ3) is 3.02. The van der Waals surface area contributed by atoms with E-state index in [1.165, 1.54) is 0 Å². The van der Waals surface area contributed by atoms with E-state index >= 15 is 0 Å². The van der Waals surface area contributed by atoms with Gasteiger partial charge in [0.25, 0.3) is 0 Å². The van der Waals surface area contributed by atoms with Crippen molar-refractivity contribution >= 4 is 10.8 Å². The molecule has 4 heteroatoms. The first-order valence-corrected chi connectivity index (χ1v) is 7.24. The highest BCUT2D eigenvalue weighted by Gasteiger charge is 2.23. The van der Waals surface area contributed by atoms with Crippen LogP contribution in [0.15, 0.2) is 60.8 Å². The van der Waals surface area contributed by atoms with Gasteiger partial charge >= 0.3 is 0 Å². The number of pyridine rings is 1. The Balaban J connectivity index is 1.54. The normalized spacial score (nSPS) is 16.5. The van der Waals surface area contributed by atoms with Crippen LogP contribution < -0.4 is 9.47 Å². The molecule has 0 N–H and O–H groups in total. The van der Waals surface area contributed by atoms with E-state index in [1.54, 1.807) is 6.20 Å². The largest absolute Gasteiger partial charge is 0.491 e. The van der Waals surface area contributed by atoms with Crippen molar-refractivity contribution in [1.29, 1.82) is 0 Å². The zero-order valence-corrected chi connectivity index (χ0v) is 11.9. The van der Waals surface area contributed by atoms with Gasteiger partial charge in [0.05, 0.1) is 6.61 Å². The summed E-state index contributed by atoms with van der Waals surface area (Å²) in [7, 11) is 0. The van der Waals surface area contributed by atoms with Gasteiger partial charge in [0.2, 0.25) is 5.88 Å². The predicted molar refractivity (Wildman–Crippen MR) is 83.5 cm³/mol. The Hall–Kier alpha value is -2.59. The van der Waals surface area contributed by atoms with Crippen molar-refractivity contribution in [3.8, 4) is 17.4 Å². The average Bonchev–Trinajstić information content (AvgIpc) is 3.38. The predicted octanol–water partition coefficient (Wildman–Crippen LogP) is 3.80. The summed E-state index contributed by atoms with van der Waals surface area (Å²) in [5.41, 5.74) is 0. The van der Waals surface area contributed by atoms with Crippen molar-refractivity contribution in [2.24, 2.45) is 0 Å². The molecule has 1 unspecified atom stereocenters. The van der Waals surface area contributed by atoms with E-state index in [1.807, 2.05) is 54.6 Å². The van der Waals surface area contributed by atoms with E-state index < -0.39 is 0 Å². The van der Waals surface area contributed by atoms with Gasteiger partial charge in [0.15, 0.2) is 0 Å². The Morgan fingerprint density at radius 1 is 1.00 bits per heavy atom. The lowest BCUT2D eigenvalue weighted by Gasteiger charge is -2.08. The second-order valence-electron chi connectivity index (χ2n) is 5.21. The second-order valence-corrected chi connectivity index (χ2v) is 5.21. The van der Waals surface area contributed by atoms with Crippen molar-refractivity contribution in [3.05, 3.63) is 60.8 Å². The number of aromatic nitrogens is 1.